The molecule has 0 aliphatic carbocycles. The zero-order valence-corrected chi connectivity index (χ0v) is 9.44. The Morgan fingerprint density at radius 1 is 1.59 bits per heavy atom. The molecule has 17 heavy (non-hydrogen) atoms. The second-order valence-corrected chi connectivity index (χ2v) is 3.80. The number of carboxylic acids is 1. The van der Waals surface area contributed by atoms with Gasteiger partial charge in [0.05, 0.1) is 22.7 Å². The van der Waals surface area contributed by atoms with Crippen molar-refractivity contribution < 1.29 is 14.3 Å². The molecule has 5 nitrogen and oxygen atoms in total. The van der Waals surface area contributed by atoms with Crippen molar-refractivity contribution in [1.29, 1.82) is 0 Å². The second kappa shape index (κ2) is 4.47. The van der Waals surface area contributed by atoms with Crippen LogP contribution in [0, 0.1) is 0 Å². The van der Waals surface area contributed by atoms with Gasteiger partial charge in [-0.15, -0.1) is 0 Å². The van der Waals surface area contributed by atoms with Crippen molar-refractivity contribution in [2.75, 3.05) is 5.73 Å². The summed E-state index contributed by atoms with van der Waals surface area (Å²) >= 11 is 5.75. The van der Waals surface area contributed by atoms with Crippen molar-refractivity contribution in [3.63, 3.8) is 0 Å². The number of hydrogen-bond donors (Lipinski definition) is 2. The fraction of sp³-hybridized carbons (Fsp3) is 0.0909. The van der Waals surface area contributed by atoms with Gasteiger partial charge < -0.3 is 15.3 Å². The fourth-order valence-electron chi connectivity index (χ4n) is 1.43. The molecule has 0 fully saturated rings. The lowest BCUT2D eigenvalue weighted by molar-refractivity contribution is 0.0690. The number of nitrogens with zero attached hydrogens (tertiary/aromatic N) is 1. The Morgan fingerprint density at radius 3 is 2.94 bits per heavy atom. The summed E-state index contributed by atoms with van der Waals surface area (Å²) in [6.45, 7) is 0. The molecule has 0 aliphatic rings. The Hall–Kier alpha value is -2.01. The minimum Gasteiger partial charge on any atom is -0.476 e. The molecular formula is C11H9ClN2O3. The van der Waals surface area contributed by atoms with E-state index in [2.05, 4.69) is 4.98 Å². The maximum Gasteiger partial charge on any atom is 0.356 e. The molecule has 88 valence electrons. The number of carboxylic acid groups (broad SMARTS) is 1. The number of aromatic nitrogens is 1. The standard InChI is InChI=1S/C11H9ClN2O3/c12-9-8(13)5-6(14-10(9)11(15)16)4-7-2-1-3-17-7/h1-3,5H,4H2,(H2,13,14)(H,15,16). The SMILES string of the molecule is Nc1cc(Cc2ccco2)nc(C(=O)O)c1Cl. The van der Waals surface area contributed by atoms with Gasteiger partial charge >= 0.3 is 5.97 Å². The van der Waals surface area contributed by atoms with Crippen LogP contribution in [0.4, 0.5) is 5.69 Å². The number of aromatic carboxylic acids is 1. The molecule has 2 heterocycles. The Morgan fingerprint density at radius 2 is 2.35 bits per heavy atom. The van der Waals surface area contributed by atoms with Crippen LogP contribution < -0.4 is 5.73 Å². The molecule has 0 unspecified atom stereocenters. The van der Waals surface area contributed by atoms with Crippen molar-refractivity contribution in [3.05, 3.63) is 46.6 Å². The maximum absolute atomic E-state index is 10.9. The molecule has 3 N–H and O–H groups in total. The lowest BCUT2D eigenvalue weighted by Crippen LogP contribution is -2.07. The van der Waals surface area contributed by atoms with E-state index >= 15 is 0 Å². The molecule has 0 atom stereocenters. The molecule has 2 rings (SSSR count). The van der Waals surface area contributed by atoms with E-state index in [4.69, 9.17) is 26.9 Å². The fourth-order valence-corrected chi connectivity index (χ4v) is 1.61. The highest BCUT2D eigenvalue weighted by atomic mass is 35.5. The minimum atomic E-state index is -1.21. The number of halogens is 1. The maximum atomic E-state index is 10.9. The first-order chi connectivity index (χ1) is 8.08. The zero-order valence-electron chi connectivity index (χ0n) is 8.68. The second-order valence-electron chi connectivity index (χ2n) is 3.43. The first kappa shape index (κ1) is 11.5. The summed E-state index contributed by atoms with van der Waals surface area (Å²) in [5.41, 5.74) is 6.07. The number of nitrogen functional groups attached to an aromatic ring is 1. The summed E-state index contributed by atoms with van der Waals surface area (Å²) in [6.07, 6.45) is 1.90. The average Bonchev–Trinajstić information content (AvgIpc) is 2.75. The molecule has 0 aromatic carbocycles. The molecule has 0 saturated heterocycles. The van der Waals surface area contributed by atoms with Crippen molar-refractivity contribution in [1.82, 2.24) is 4.98 Å². The Labute approximate surface area is 102 Å². The number of furan rings is 1. The Balaban J connectivity index is 2.39. The van der Waals surface area contributed by atoms with Crippen molar-refractivity contribution in [3.8, 4) is 0 Å². The van der Waals surface area contributed by atoms with E-state index in [1.54, 1.807) is 12.1 Å². The van der Waals surface area contributed by atoms with E-state index in [1.807, 2.05) is 0 Å². The van der Waals surface area contributed by atoms with Crippen LogP contribution >= 0.6 is 11.6 Å². The smallest absolute Gasteiger partial charge is 0.356 e. The largest absolute Gasteiger partial charge is 0.476 e. The highest BCUT2D eigenvalue weighted by Gasteiger charge is 2.15. The third-order valence-electron chi connectivity index (χ3n) is 2.18. The van der Waals surface area contributed by atoms with E-state index in [0.29, 0.717) is 17.9 Å². The summed E-state index contributed by atoms with van der Waals surface area (Å²) < 4.78 is 5.15. The predicted molar refractivity (Wildman–Crippen MR) is 62.1 cm³/mol. The molecule has 0 bridgehead atoms. The third kappa shape index (κ3) is 2.39. The molecule has 0 amide bonds. The van der Waals surface area contributed by atoms with E-state index in [1.165, 1.54) is 12.3 Å². The van der Waals surface area contributed by atoms with Crippen LogP contribution in [0.15, 0.2) is 28.9 Å². The first-order valence-electron chi connectivity index (χ1n) is 4.78. The van der Waals surface area contributed by atoms with Gasteiger partial charge in [-0.2, -0.15) is 0 Å². The third-order valence-corrected chi connectivity index (χ3v) is 2.57. The first-order valence-corrected chi connectivity index (χ1v) is 5.16. The van der Waals surface area contributed by atoms with Gasteiger partial charge in [-0.05, 0) is 18.2 Å². The van der Waals surface area contributed by atoms with Gasteiger partial charge in [0.1, 0.15) is 5.76 Å². The molecule has 2 aromatic rings. The molecule has 0 saturated carbocycles. The summed E-state index contributed by atoms with van der Waals surface area (Å²) in [6, 6.07) is 5.05. The van der Waals surface area contributed by atoms with Gasteiger partial charge in [-0.3, -0.25) is 0 Å². The average molecular weight is 253 g/mol. The summed E-state index contributed by atoms with van der Waals surface area (Å²) in [4.78, 5) is 14.8. The van der Waals surface area contributed by atoms with Crippen LogP contribution in [-0.4, -0.2) is 16.1 Å². The summed E-state index contributed by atoms with van der Waals surface area (Å²) in [5, 5.41) is 8.87. The van der Waals surface area contributed by atoms with Crippen LogP contribution in [0.5, 0.6) is 0 Å². The van der Waals surface area contributed by atoms with Gasteiger partial charge in [-0.1, -0.05) is 11.6 Å². The highest BCUT2D eigenvalue weighted by molar-refractivity contribution is 6.35. The zero-order chi connectivity index (χ0) is 12.4. The highest BCUT2D eigenvalue weighted by Crippen LogP contribution is 2.24. The van der Waals surface area contributed by atoms with E-state index in [9.17, 15) is 4.79 Å². The molecular weight excluding hydrogens is 244 g/mol. The molecule has 6 heteroatoms. The van der Waals surface area contributed by atoms with Gasteiger partial charge in [0.15, 0.2) is 5.69 Å². The molecule has 2 aromatic heterocycles. The van der Waals surface area contributed by atoms with Crippen LogP contribution in [0.3, 0.4) is 0 Å². The number of nitrogens with two attached hydrogens (primary N) is 1. The number of hydrogen-bond acceptors (Lipinski definition) is 4. The number of carbonyl (C=O) groups is 1. The monoisotopic (exact) mass is 252 g/mol. The number of rotatable bonds is 3. The van der Waals surface area contributed by atoms with Crippen LogP contribution in [0.1, 0.15) is 21.9 Å². The van der Waals surface area contributed by atoms with Crippen molar-refractivity contribution >= 4 is 23.3 Å². The van der Waals surface area contributed by atoms with Gasteiger partial charge in [-0.25, -0.2) is 9.78 Å². The lowest BCUT2D eigenvalue weighted by Gasteiger charge is -2.05. The van der Waals surface area contributed by atoms with Crippen LogP contribution in [-0.2, 0) is 6.42 Å². The number of pyridine rings is 1. The minimum absolute atomic E-state index is 0.0410. The molecule has 0 aliphatic heterocycles. The van der Waals surface area contributed by atoms with E-state index in [0.717, 1.165) is 0 Å². The van der Waals surface area contributed by atoms with Gasteiger partial charge in [0.2, 0.25) is 0 Å². The van der Waals surface area contributed by atoms with Crippen molar-refractivity contribution in [2.45, 2.75) is 6.42 Å². The summed E-state index contributed by atoms with van der Waals surface area (Å²) in [7, 11) is 0. The van der Waals surface area contributed by atoms with Gasteiger partial charge in [0.25, 0.3) is 0 Å². The number of anilines is 1. The normalized spacial score (nSPS) is 10.4. The summed E-state index contributed by atoms with van der Waals surface area (Å²) in [5.74, 6) is -0.529. The topological polar surface area (TPSA) is 89.4 Å². The van der Waals surface area contributed by atoms with E-state index < -0.39 is 5.97 Å². The quantitative estimate of drug-likeness (QED) is 0.874. The van der Waals surface area contributed by atoms with Crippen LogP contribution in [0.2, 0.25) is 5.02 Å². The van der Waals surface area contributed by atoms with Gasteiger partial charge in [0, 0.05) is 6.42 Å². The Bertz CT molecular complexity index is 552. The van der Waals surface area contributed by atoms with E-state index in [-0.39, 0.29) is 16.4 Å². The molecule has 0 radical (unpaired) electrons. The lowest BCUT2D eigenvalue weighted by atomic mass is 10.2. The predicted octanol–water partition coefficient (Wildman–Crippen LogP) is 2.20. The molecule has 0 spiro atoms. The van der Waals surface area contributed by atoms with Crippen molar-refractivity contribution in [2.24, 2.45) is 0 Å². The Kier molecular flexibility index (Phi) is 3.01. The van der Waals surface area contributed by atoms with Crippen LogP contribution in [0.25, 0.3) is 0 Å².